The molecule has 3 aromatic rings. The standard InChI is InChI=1S/C22H23ClN6O3/c23-17-7-2-1-6-16(17)14-29-19(9-12-26-29)27-20(30)15-32-21(31)18-8-3-4-13-28(18)22-24-10-5-11-25-22/h1-2,5-7,9-12,18H,3-4,8,13-15H2,(H,27,30). The van der Waals surface area contributed by atoms with Crippen LogP contribution in [0.4, 0.5) is 11.8 Å². The van der Waals surface area contributed by atoms with Crippen molar-refractivity contribution < 1.29 is 14.3 Å². The molecule has 4 rings (SSSR count). The van der Waals surface area contributed by atoms with Gasteiger partial charge in [-0.3, -0.25) is 4.79 Å². The third kappa shape index (κ3) is 5.23. The molecule has 1 N–H and O–H groups in total. The average Bonchev–Trinajstić information content (AvgIpc) is 3.26. The maximum Gasteiger partial charge on any atom is 0.329 e. The molecule has 0 saturated carbocycles. The molecule has 0 aliphatic carbocycles. The molecule has 32 heavy (non-hydrogen) atoms. The van der Waals surface area contributed by atoms with E-state index in [0.29, 0.717) is 36.3 Å². The molecule has 166 valence electrons. The molecule has 3 heterocycles. The molecule has 1 aliphatic rings. The molecule has 9 nitrogen and oxygen atoms in total. The van der Waals surface area contributed by atoms with Gasteiger partial charge in [0.2, 0.25) is 5.95 Å². The minimum atomic E-state index is -0.510. The number of piperidine rings is 1. The van der Waals surface area contributed by atoms with Gasteiger partial charge in [0.05, 0.1) is 12.7 Å². The van der Waals surface area contributed by atoms with Crippen molar-refractivity contribution >= 4 is 35.2 Å². The summed E-state index contributed by atoms with van der Waals surface area (Å²) in [6, 6.07) is 10.3. The smallest absolute Gasteiger partial charge is 0.329 e. The summed E-state index contributed by atoms with van der Waals surface area (Å²) in [6.07, 6.45) is 7.33. The van der Waals surface area contributed by atoms with Gasteiger partial charge >= 0.3 is 5.97 Å². The number of anilines is 2. The predicted molar refractivity (Wildman–Crippen MR) is 119 cm³/mol. The molecule has 1 aliphatic heterocycles. The number of amides is 1. The van der Waals surface area contributed by atoms with E-state index in [0.717, 1.165) is 18.4 Å². The van der Waals surface area contributed by atoms with E-state index in [2.05, 4.69) is 20.4 Å². The van der Waals surface area contributed by atoms with Crippen LogP contribution in [0, 0.1) is 0 Å². The quantitative estimate of drug-likeness (QED) is 0.547. The number of hydrogen-bond acceptors (Lipinski definition) is 7. The van der Waals surface area contributed by atoms with E-state index in [4.69, 9.17) is 16.3 Å². The fourth-order valence-corrected chi connectivity index (χ4v) is 3.82. The summed E-state index contributed by atoms with van der Waals surface area (Å²) < 4.78 is 6.94. The number of nitrogens with one attached hydrogen (secondary N) is 1. The van der Waals surface area contributed by atoms with E-state index in [-0.39, 0.29) is 0 Å². The van der Waals surface area contributed by atoms with Gasteiger partial charge in [0.15, 0.2) is 6.61 Å². The second-order valence-corrected chi connectivity index (χ2v) is 7.78. The van der Waals surface area contributed by atoms with Gasteiger partial charge in [-0.1, -0.05) is 29.8 Å². The number of halogens is 1. The first-order valence-electron chi connectivity index (χ1n) is 10.4. The number of rotatable bonds is 7. The van der Waals surface area contributed by atoms with Gasteiger partial charge < -0.3 is 15.0 Å². The Morgan fingerprint density at radius 3 is 2.72 bits per heavy atom. The maximum atomic E-state index is 12.7. The highest BCUT2D eigenvalue weighted by Gasteiger charge is 2.32. The molecular formula is C22H23ClN6O3. The van der Waals surface area contributed by atoms with Crippen molar-refractivity contribution in [2.75, 3.05) is 23.4 Å². The van der Waals surface area contributed by atoms with Crippen LogP contribution < -0.4 is 10.2 Å². The van der Waals surface area contributed by atoms with Crippen LogP contribution in [0.1, 0.15) is 24.8 Å². The van der Waals surface area contributed by atoms with E-state index in [1.54, 1.807) is 41.5 Å². The number of aromatic nitrogens is 4. The fraction of sp³-hybridized carbons (Fsp3) is 0.318. The van der Waals surface area contributed by atoms with Crippen LogP contribution in [0.2, 0.25) is 5.02 Å². The van der Waals surface area contributed by atoms with Gasteiger partial charge in [-0.05, 0) is 37.0 Å². The Kier molecular flexibility index (Phi) is 6.96. The highest BCUT2D eigenvalue weighted by atomic mass is 35.5. The first-order valence-corrected chi connectivity index (χ1v) is 10.7. The molecular weight excluding hydrogens is 432 g/mol. The molecule has 1 saturated heterocycles. The minimum Gasteiger partial charge on any atom is -0.454 e. The van der Waals surface area contributed by atoms with Crippen molar-refractivity contribution in [1.29, 1.82) is 0 Å². The fourth-order valence-electron chi connectivity index (χ4n) is 3.62. The lowest BCUT2D eigenvalue weighted by Crippen LogP contribution is -2.47. The largest absolute Gasteiger partial charge is 0.454 e. The first-order chi connectivity index (χ1) is 15.6. The Morgan fingerprint density at radius 2 is 1.91 bits per heavy atom. The molecule has 1 atom stereocenters. The van der Waals surface area contributed by atoms with Crippen molar-refractivity contribution in [3.8, 4) is 0 Å². The van der Waals surface area contributed by atoms with Crippen LogP contribution in [0.5, 0.6) is 0 Å². The molecule has 0 bridgehead atoms. The summed E-state index contributed by atoms with van der Waals surface area (Å²) in [5, 5.41) is 7.59. The summed E-state index contributed by atoms with van der Waals surface area (Å²) in [5.41, 5.74) is 0.875. The lowest BCUT2D eigenvalue weighted by molar-refractivity contribution is -0.149. The van der Waals surface area contributed by atoms with Crippen molar-refractivity contribution in [1.82, 2.24) is 19.7 Å². The molecule has 2 aromatic heterocycles. The van der Waals surface area contributed by atoms with Gasteiger partial charge in [0, 0.05) is 30.0 Å². The summed E-state index contributed by atoms with van der Waals surface area (Å²) in [4.78, 5) is 35.4. The van der Waals surface area contributed by atoms with Crippen LogP contribution in [0.25, 0.3) is 0 Å². The maximum absolute atomic E-state index is 12.7. The third-order valence-corrected chi connectivity index (χ3v) is 5.56. The van der Waals surface area contributed by atoms with Crippen LogP contribution >= 0.6 is 11.6 Å². The van der Waals surface area contributed by atoms with Crippen LogP contribution in [0.3, 0.4) is 0 Å². The van der Waals surface area contributed by atoms with Gasteiger partial charge in [-0.25, -0.2) is 19.4 Å². The molecule has 1 amide bonds. The second-order valence-electron chi connectivity index (χ2n) is 7.38. The molecule has 0 spiro atoms. The SMILES string of the molecule is O=C(COC(=O)C1CCCCN1c1ncccn1)Nc1ccnn1Cc1ccccc1Cl. The van der Waals surface area contributed by atoms with Gasteiger partial charge in [0.1, 0.15) is 11.9 Å². The zero-order valence-corrected chi connectivity index (χ0v) is 18.1. The zero-order chi connectivity index (χ0) is 22.3. The minimum absolute atomic E-state index is 0.393. The van der Waals surface area contributed by atoms with Crippen LogP contribution in [-0.4, -0.2) is 50.8 Å². The summed E-state index contributed by atoms with van der Waals surface area (Å²) in [5.74, 6) is 0.0690. The number of ether oxygens (including phenoxy) is 1. The number of benzene rings is 1. The third-order valence-electron chi connectivity index (χ3n) is 5.19. The lowest BCUT2D eigenvalue weighted by Gasteiger charge is -2.33. The summed E-state index contributed by atoms with van der Waals surface area (Å²) >= 11 is 6.21. The Bertz CT molecular complexity index is 1070. The molecule has 1 unspecified atom stereocenters. The van der Waals surface area contributed by atoms with Gasteiger partial charge in [-0.2, -0.15) is 5.10 Å². The average molecular weight is 455 g/mol. The Hall–Kier alpha value is -3.46. The van der Waals surface area contributed by atoms with E-state index >= 15 is 0 Å². The number of hydrogen-bond donors (Lipinski definition) is 1. The van der Waals surface area contributed by atoms with Gasteiger partial charge in [-0.15, -0.1) is 0 Å². The highest BCUT2D eigenvalue weighted by Crippen LogP contribution is 2.22. The zero-order valence-electron chi connectivity index (χ0n) is 17.4. The topological polar surface area (TPSA) is 102 Å². The molecule has 1 fully saturated rings. The normalized spacial score (nSPS) is 15.9. The number of nitrogens with zero attached hydrogens (tertiary/aromatic N) is 5. The van der Waals surface area contributed by atoms with Crippen LogP contribution in [-0.2, 0) is 20.9 Å². The predicted octanol–water partition coefficient (Wildman–Crippen LogP) is 2.92. The Labute approximate surface area is 190 Å². The summed E-state index contributed by atoms with van der Waals surface area (Å²) in [7, 11) is 0. The number of carbonyl (C=O) groups excluding carboxylic acids is 2. The lowest BCUT2D eigenvalue weighted by atomic mass is 10.0. The monoisotopic (exact) mass is 454 g/mol. The number of carbonyl (C=O) groups is 2. The van der Waals surface area contributed by atoms with E-state index < -0.39 is 24.5 Å². The first kappa shape index (κ1) is 21.8. The van der Waals surface area contributed by atoms with Crippen molar-refractivity contribution in [2.24, 2.45) is 0 Å². The van der Waals surface area contributed by atoms with Crippen molar-refractivity contribution in [2.45, 2.75) is 31.8 Å². The van der Waals surface area contributed by atoms with E-state index in [1.165, 1.54) is 0 Å². The van der Waals surface area contributed by atoms with Crippen molar-refractivity contribution in [3.63, 3.8) is 0 Å². The Balaban J connectivity index is 1.34. The van der Waals surface area contributed by atoms with Crippen LogP contribution in [0.15, 0.2) is 55.0 Å². The Morgan fingerprint density at radius 1 is 1.09 bits per heavy atom. The number of esters is 1. The van der Waals surface area contributed by atoms with Gasteiger partial charge in [0.25, 0.3) is 5.91 Å². The van der Waals surface area contributed by atoms with Crippen molar-refractivity contribution in [3.05, 3.63) is 65.6 Å². The molecule has 10 heteroatoms. The highest BCUT2D eigenvalue weighted by molar-refractivity contribution is 6.31. The molecule has 1 aromatic carbocycles. The van der Waals surface area contributed by atoms with E-state index in [1.807, 2.05) is 23.1 Å². The second kappa shape index (κ2) is 10.2. The molecule has 0 radical (unpaired) electrons. The summed E-state index contributed by atoms with van der Waals surface area (Å²) in [6.45, 7) is 0.670. The van der Waals surface area contributed by atoms with E-state index in [9.17, 15) is 9.59 Å².